The first-order valence-electron chi connectivity index (χ1n) is 8.38. The van der Waals surface area contributed by atoms with E-state index in [1.165, 1.54) is 48.9 Å². The van der Waals surface area contributed by atoms with Gasteiger partial charge in [0.1, 0.15) is 0 Å². The minimum Gasteiger partial charge on any atom is -1.00 e. The molecule has 10 aliphatic rings. The Kier molecular flexibility index (Phi) is 0.408. The first-order valence-corrected chi connectivity index (χ1v) is 14.7. The van der Waals surface area contributed by atoms with E-state index in [0.717, 1.165) is 4.31 Å². The molecule has 11 heterocycles. The zero-order valence-corrected chi connectivity index (χ0v) is 15.1. The smallest absolute Gasteiger partial charge is 1.00 e. The van der Waals surface area contributed by atoms with Gasteiger partial charge < -0.3 is 24.0 Å². The zero-order valence-electron chi connectivity index (χ0n) is 11.8. The zero-order chi connectivity index (χ0) is 12.4. The van der Waals surface area contributed by atoms with Crippen LogP contribution in [0.5, 0.6) is 0 Å². The maximum atomic E-state index is 2.85. The fourth-order valence-corrected chi connectivity index (χ4v) is 91.5. The molecule has 4 unspecified atom stereocenters. The Hall–Kier alpha value is 0.139. The molecular weight excluding hydrogens is 413 g/mol. The van der Waals surface area contributed by atoms with Crippen LogP contribution in [0.1, 0.15) is 5.56 Å². The minimum absolute atomic E-state index is 0. The SMILES string of the molecule is C[n+]1ccc(C=C[C]23[CH]4[CH]5[CH]6[CH]2[Fe]56432789[CH]3[CH]2[CH]7[CH]8[CH]39)cc1.[I-]. The van der Waals surface area contributed by atoms with Crippen LogP contribution in [-0.2, 0) is 13.6 Å². The average molecular weight is 431 g/mol. The van der Waals surface area contributed by atoms with Gasteiger partial charge in [0.05, 0.1) is 0 Å². The van der Waals surface area contributed by atoms with Crippen LogP contribution in [0.4, 0.5) is 0 Å². The van der Waals surface area contributed by atoms with Crippen molar-refractivity contribution >= 4 is 6.08 Å². The Bertz CT molecular complexity index is 1150. The van der Waals surface area contributed by atoms with Crippen molar-refractivity contribution in [1.82, 2.24) is 0 Å². The molecule has 0 amide bonds. The molecule has 0 aliphatic carbocycles. The molecule has 4 atom stereocenters. The second kappa shape index (κ2) is 0.908. The van der Waals surface area contributed by atoms with Crippen LogP contribution >= 0.6 is 0 Å². The summed E-state index contributed by atoms with van der Waals surface area (Å²) in [6.45, 7) is -2.82. The van der Waals surface area contributed by atoms with Crippen molar-refractivity contribution in [3.05, 3.63) is 36.2 Å². The van der Waals surface area contributed by atoms with Gasteiger partial charge in [0.2, 0.25) is 0 Å². The standard InChI is InChI=1S/C13H13N.C5H5.Fe.HI/c1-14-10-8-13(9-11-14)7-6-12-4-2-3-5-12;1-2-4-5-3-1;;/h2-11H,1H3;1-5H;;1H/q+1;;;/p-1. The third-order valence-electron chi connectivity index (χ3n) is 16.3. The Morgan fingerprint density at radius 2 is 1.48 bits per heavy atom. The van der Waals surface area contributed by atoms with Crippen LogP contribution in [-0.4, -0.2) is 0 Å². The summed E-state index contributed by atoms with van der Waals surface area (Å²) in [5.74, 6) is 0. The van der Waals surface area contributed by atoms with Crippen LogP contribution in [0, 0.1) is 0 Å². The van der Waals surface area contributed by atoms with Gasteiger partial charge >= 0.3 is 108 Å². The van der Waals surface area contributed by atoms with E-state index in [4.69, 9.17) is 0 Å². The third-order valence-corrected chi connectivity index (χ3v) is 58.8. The van der Waals surface area contributed by atoms with E-state index in [2.05, 4.69) is 48.3 Å². The number of pyridine rings is 1. The van der Waals surface area contributed by atoms with Crippen molar-refractivity contribution in [2.75, 3.05) is 0 Å². The first-order chi connectivity index (χ1) is 9.52. The third kappa shape index (κ3) is 0.126. The number of nitrogens with zero attached hydrogens (tertiary/aromatic N) is 1. The van der Waals surface area contributed by atoms with Gasteiger partial charge in [0.15, 0.2) is 0 Å². The Morgan fingerprint density at radius 1 is 0.952 bits per heavy atom. The molecule has 110 valence electrons. The number of aromatic nitrogens is 1. The molecule has 10 saturated heterocycles. The molecule has 1 nitrogen and oxygen atoms in total. The number of halogens is 1. The fraction of sp³-hybridized carbons (Fsp3) is 0.611. The molecule has 1 spiro atoms. The average Bonchev–Trinajstić information content (AvgIpc) is 3.40. The van der Waals surface area contributed by atoms with Crippen LogP contribution in [0.15, 0.2) is 30.6 Å². The van der Waals surface area contributed by atoms with Crippen LogP contribution in [0.3, 0.4) is 0 Å². The molecule has 1 aromatic rings. The van der Waals surface area contributed by atoms with Crippen molar-refractivity contribution in [1.29, 1.82) is 0 Å². The molecule has 0 bridgehead atoms. The first kappa shape index (κ1) is 9.44. The van der Waals surface area contributed by atoms with Gasteiger partial charge in [0.25, 0.3) is 0 Å². The predicted molar refractivity (Wildman–Crippen MR) is 73.1 cm³/mol. The summed E-state index contributed by atoms with van der Waals surface area (Å²) in [4.78, 5) is 13.0. The van der Waals surface area contributed by atoms with E-state index < -0.39 is 6.51 Å². The van der Waals surface area contributed by atoms with Gasteiger partial charge in [-0.05, 0) is 0 Å². The van der Waals surface area contributed by atoms with Gasteiger partial charge in [0, 0.05) is 0 Å². The Balaban J connectivity index is 0.000000818. The van der Waals surface area contributed by atoms with E-state index in [-0.39, 0.29) is 24.0 Å². The van der Waals surface area contributed by atoms with Crippen LogP contribution in [0.2, 0.25) is 47.7 Å². The van der Waals surface area contributed by atoms with Crippen molar-refractivity contribution < 1.29 is 35.1 Å². The van der Waals surface area contributed by atoms with E-state index in [9.17, 15) is 0 Å². The van der Waals surface area contributed by atoms with E-state index in [1.54, 1.807) is 0 Å². The second-order valence-electron chi connectivity index (χ2n) is 11.9. The maximum Gasteiger partial charge on any atom is -1.00 e. The quantitative estimate of drug-likeness (QED) is 0.378. The maximum absolute atomic E-state index is 2.85. The molecule has 11 rings (SSSR count). The predicted octanol–water partition coefficient (Wildman–Crippen LogP) is 1.29. The molecule has 0 saturated carbocycles. The van der Waals surface area contributed by atoms with Gasteiger partial charge in [-0.15, -0.1) is 0 Å². The summed E-state index contributed by atoms with van der Waals surface area (Å²) in [5, 5.41) is 0. The number of hydrogen-bond donors (Lipinski definition) is 0. The molecule has 0 radical (unpaired) electrons. The molecule has 3 heteroatoms. The minimum atomic E-state index is -2.82. The fourth-order valence-electron chi connectivity index (χ4n) is 17.7. The number of fused-ring (bicyclic) bond motifs is 10. The van der Waals surface area contributed by atoms with Gasteiger partial charge in [-0.25, -0.2) is 0 Å². The van der Waals surface area contributed by atoms with Gasteiger partial charge in [-0.2, -0.15) is 0 Å². The molecule has 10 fully saturated rings. The van der Waals surface area contributed by atoms with Crippen molar-refractivity contribution in [3.8, 4) is 0 Å². The molecule has 0 N–H and O–H groups in total. The molecule has 0 aromatic carbocycles. The number of rotatable bonds is 2. The monoisotopic (exact) mass is 431 g/mol. The van der Waals surface area contributed by atoms with Crippen LogP contribution in [0.25, 0.3) is 6.08 Å². The summed E-state index contributed by atoms with van der Waals surface area (Å²) >= 11 is 0. The number of allylic oxidation sites excluding steroid dienone is 1. The normalized spacial score (nSPS) is 98.4. The van der Waals surface area contributed by atoms with Crippen molar-refractivity contribution in [3.63, 3.8) is 0 Å². The summed E-state index contributed by atoms with van der Waals surface area (Å²) < 4.78 is 3.10. The summed E-state index contributed by atoms with van der Waals surface area (Å²) in [6, 6.07) is 4.59. The second-order valence-corrected chi connectivity index (χ2v) is 35.5. The van der Waals surface area contributed by atoms with Gasteiger partial charge in [-0.1, -0.05) is 0 Å². The van der Waals surface area contributed by atoms with Crippen molar-refractivity contribution in [2.24, 2.45) is 7.05 Å². The Morgan fingerprint density at radius 3 is 1.86 bits per heavy atom. The van der Waals surface area contributed by atoms with Crippen LogP contribution < -0.4 is 28.5 Å². The van der Waals surface area contributed by atoms with Crippen molar-refractivity contribution in [2.45, 2.75) is 47.7 Å². The molecule has 21 heavy (non-hydrogen) atoms. The van der Waals surface area contributed by atoms with E-state index >= 15 is 0 Å². The Labute approximate surface area is 131 Å². The summed E-state index contributed by atoms with van der Waals surface area (Å²) in [7, 11) is 2.11. The summed E-state index contributed by atoms with van der Waals surface area (Å²) in [6.07, 6.45) is 9.78. The largest absolute Gasteiger partial charge is 1.00 e. The van der Waals surface area contributed by atoms with E-state index in [0.29, 0.717) is 0 Å². The van der Waals surface area contributed by atoms with E-state index in [1.807, 2.05) is 0 Å². The molecule has 10 aliphatic heterocycles. The number of hydrogen-bond acceptors (Lipinski definition) is 0. The van der Waals surface area contributed by atoms with Gasteiger partial charge in [-0.3, -0.25) is 0 Å². The molecule has 1 aromatic heterocycles. The molecular formula is C18H18FeIN. The number of aryl methyl sites for hydroxylation is 1. The topological polar surface area (TPSA) is 3.88 Å². The summed E-state index contributed by atoms with van der Waals surface area (Å²) in [5.41, 5.74) is 1.44.